The molecule has 0 aliphatic carbocycles. The minimum absolute atomic E-state index is 0.227. The summed E-state index contributed by atoms with van der Waals surface area (Å²) >= 11 is 0. The van der Waals surface area contributed by atoms with Crippen molar-refractivity contribution < 1.29 is 9.84 Å². The van der Waals surface area contributed by atoms with E-state index in [1.807, 2.05) is 0 Å². The third-order valence-corrected chi connectivity index (χ3v) is 2.11. The van der Waals surface area contributed by atoms with Crippen LogP contribution >= 0.6 is 0 Å². The molecule has 2 aliphatic heterocycles. The molecular weight excluding hydrogens is 118 g/mol. The zero-order valence-corrected chi connectivity index (χ0v) is 5.21. The molecular formula is C6H11NO2. The van der Waals surface area contributed by atoms with E-state index in [4.69, 9.17) is 4.74 Å². The number of ether oxygens (including phenoxy) is 1. The van der Waals surface area contributed by atoms with Crippen LogP contribution in [0.1, 0.15) is 6.42 Å². The van der Waals surface area contributed by atoms with E-state index in [1.54, 1.807) is 0 Å². The summed E-state index contributed by atoms with van der Waals surface area (Å²) in [6, 6.07) is 0.227. The van der Waals surface area contributed by atoms with Crippen molar-refractivity contribution in [1.82, 2.24) is 5.32 Å². The van der Waals surface area contributed by atoms with Crippen molar-refractivity contribution in [2.75, 3.05) is 13.2 Å². The number of rotatable bonds is 0. The van der Waals surface area contributed by atoms with E-state index >= 15 is 0 Å². The molecule has 3 atom stereocenters. The summed E-state index contributed by atoms with van der Waals surface area (Å²) in [6.07, 6.45) is 1.08. The molecule has 0 amide bonds. The van der Waals surface area contributed by atoms with E-state index < -0.39 is 0 Å². The van der Waals surface area contributed by atoms with Gasteiger partial charge in [-0.3, -0.25) is 0 Å². The summed E-state index contributed by atoms with van der Waals surface area (Å²) < 4.78 is 5.28. The minimum atomic E-state index is -0.266. The Morgan fingerprint density at radius 3 is 3.22 bits per heavy atom. The van der Waals surface area contributed by atoms with Gasteiger partial charge >= 0.3 is 0 Å². The number of hydrogen-bond acceptors (Lipinski definition) is 3. The van der Waals surface area contributed by atoms with Gasteiger partial charge in [0.05, 0.1) is 24.9 Å². The Morgan fingerprint density at radius 2 is 2.44 bits per heavy atom. The van der Waals surface area contributed by atoms with Gasteiger partial charge in [-0.1, -0.05) is 0 Å². The highest BCUT2D eigenvalue weighted by Crippen LogP contribution is 2.21. The predicted octanol–water partition coefficient (Wildman–Crippen LogP) is -0.892. The second-order valence-electron chi connectivity index (χ2n) is 2.71. The van der Waals surface area contributed by atoms with E-state index in [2.05, 4.69) is 5.32 Å². The second kappa shape index (κ2) is 1.94. The maximum atomic E-state index is 9.21. The summed E-state index contributed by atoms with van der Waals surface area (Å²) in [5.74, 6) is 0. The lowest BCUT2D eigenvalue weighted by Gasteiger charge is -2.09. The molecule has 3 nitrogen and oxygen atoms in total. The van der Waals surface area contributed by atoms with Crippen LogP contribution < -0.4 is 5.32 Å². The highest BCUT2D eigenvalue weighted by Gasteiger charge is 2.38. The van der Waals surface area contributed by atoms with Crippen molar-refractivity contribution in [3.05, 3.63) is 0 Å². The third kappa shape index (κ3) is 0.764. The standard InChI is InChI=1S/C6H11NO2/c8-4-3-9-5-1-2-7-6(4)5/h4-8H,1-3H2/t4?,5-,6?/m1/s1. The molecule has 2 aliphatic rings. The minimum Gasteiger partial charge on any atom is -0.389 e. The number of hydrogen-bond donors (Lipinski definition) is 2. The molecule has 0 aromatic heterocycles. The highest BCUT2D eigenvalue weighted by molar-refractivity contribution is 4.94. The maximum absolute atomic E-state index is 9.21. The fraction of sp³-hybridized carbons (Fsp3) is 1.00. The Kier molecular flexibility index (Phi) is 1.22. The van der Waals surface area contributed by atoms with Crippen LogP contribution in [0.5, 0.6) is 0 Å². The molecule has 52 valence electrons. The predicted molar refractivity (Wildman–Crippen MR) is 32.2 cm³/mol. The molecule has 0 bridgehead atoms. The normalized spacial score (nSPS) is 49.7. The van der Waals surface area contributed by atoms with Gasteiger partial charge < -0.3 is 15.2 Å². The molecule has 9 heavy (non-hydrogen) atoms. The Bertz CT molecular complexity index is 118. The van der Waals surface area contributed by atoms with E-state index in [0.717, 1.165) is 13.0 Å². The lowest BCUT2D eigenvalue weighted by molar-refractivity contribution is 0.0875. The molecule has 0 radical (unpaired) electrons. The van der Waals surface area contributed by atoms with Crippen LogP contribution in [0.25, 0.3) is 0 Å². The zero-order valence-electron chi connectivity index (χ0n) is 5.21. The van der Waals surface area contributed by atoms with Gasteiger partial charge in [0.1, 0.15) is 0 Å². The van der Waals surface area contributed by atoms with Crippen LogP contribution in [-0.4, -0.2) is 36.5 Å². The van der Waals surface area contributed by atoms with Crippen molar-refractivity contribution in [3.8, 4) is 0 Å². The Hall–Kier alpha value is -0.120. The van der Waals surface area contributed by atoms with Crippen molar-refractivity contribution >= 4 is 0 Å². The highest BCUT2D eigenvalue weighted by atomic mass is 16.5. The molecule has 0 aromatic carbocycles. The lowest BCUT2D eigenvalue weighted by Crippen LogP contribution is -2.36. The number of aliphatic hydroxyl groups excluding tert-OH is 1. The van der Waals surface area contributed by atoms with Crippen LogP contribution in [0, 0.1) is 0 Å². The van der Waals surface area contributed by atoms with Gasteiger partial charge in [0.2, 0.25) is 0 Å². The van der Waals surface area contributed by atoms with Gasteiger partial charge in [0.25, 0.3) is 0 Å². The third-order valence-electron chi connectivity index (χ3n) is 2.11. The summed E-state index contributed by atoms with van der Waals surface area (Å²) in [7, 11) is 0. The maximum Gasteiger partial charge on any atom is 0.0951 e. The average Bonchev–Trinajstić information content (AvgIpc) is 2.35. The fourth-order valence-electron chi connectivity index (χ4n) is 1.60. The summed E-state index contributed by atoms with van der Waals surface area (Å²) in [5, 5.41) is 12.4. The van der Waals surface area contributed by atoms with Gasteiger partial charge in [-0.25, -0.2) is 0 Å². The Labute approximate surface area is 54.0 Å². The summed E-state index contributed by atoms with van der Waals surface area (Å²) in [6.45, 7) is 1.51. The summed E-state index contributed by atoms with van der Waals surface area (Å²) in [4.78, 5) is 0. The van der Waals surface area contributed by atoms with Crippen LogP contribution in [0.4, 0.5) is 0 Å². The van der Waals surface area contributed by atoms with Gasteiger partial charge in [-0.05, 0) is 13.0 Å². The van der Waals surface area contributed by atoms with Crippen LogP contribution in [0.3, 0.4) is 0 Å². The van der Waals surface area contributed by atoms with Gasteiger partial charge in [0, 0.05) is 0 Å². The fourth-order valence-corrected chi connectivity index (χ4v) is 1.60. The molecule has 3 heteroatoms. The van der Waals surface area contributed by atoms with Crippen LogP contribution in [0.2, 0.25) is 0 Å². The molecule has 2 fully saturated rings. The SMILES string of the molecule is OC1CO[C@@H]2CCNC12. The molecule has 0 spiro atoms. The average molecular weight is 129 g/mol. The molecule has 2 rings (SSSR count). The van der Waals surface area contributed by atoms with E-state index in [-0.39, 0.29) is 12.1 Å². The van der Waals surface area contributed by atoms with Crippen molar-refractivity contribution in [2.24, 2.45) is 0 Å². The second-order valence-corrected chi connectivity index (χ2v) is 2.71. The quantitative estimate of drug-likeness (QED) is 0.446. The first-order chi connectivity index (χ1) is 4.38. The smallest absolute Gasteiger partial charge is 0.0951 e. The van der Waals surface area contributed by atoms with Gasteiger partial charge in [-0.15, -0.1) is 0 Å². The van der Waals surface area contributed by atoms with E-state index in [9.17, 15) is 5.11 Å². The van der Waals surface area contributed by atoms with Gasteiger partial charge in [0.15, 0.2) is 0 Å². The van der Waals surface area contributed by atoms with E-state index in [1.165, 1.54) is 0 Å². The number of nitrogens with one attached hydrogen (secondary N) is 1. The zero-order chi connectivity index (χ0) is 6.27. The molecule has 2 heterocycles. The number of fused-ring (bicyclic) bond motifs is 1. The molecule has 2 N–H and O–H groups in total. The molecule has 2 saturated heterocycles. The molecule has 2 unspecified atom stereocenters. The van der Waals surface area contributed by atoms with Crippen molar-refractivity contribution in [3.63, 3.8) is 0 Å². The van der Waals surface area contributed by atoms with Crippen LogP contribution in [0.15, 0.2) is 0 Å². The van der Waals surface area contributed by atoms with Crippen molar-refractivity contribution in [2.45, 2.75) is 24.7 Å². The first-order valence-corrected chi connectivity index (χ1v) is 3.41. The summed E-state index contributed by atoms with van der Waals surface area (Å²) in [5.41, 5.74) is 0. The number of aliphatic hydroxyl groups is 1. The largest absolute Gasteiger partial charge is 0.389 e. The van der Waals surface area contributed by atoms with Gasteiger partial charge in [-0.2, -0.15) is 0 Å². The molecule has 0 aromatic rings. The first-order valence-electron chi connectivity index (χ1n) is 3.41. The van der Waals surface area contributed by atoms with Crippen LogP contribution in [-0.2, 0) is 4.74 Å². The first kappa shape index (κ1) is 5.65. The monoisotopic (exact) mass is 129 g/mol. The topological polar surface area (TPSA) is 41.5 Å². The van der Waals surface area contributed by atoms with E-state index in [0.29, 0.717) is 12.7 Å². The van der Waals surface area contributed by atoms with Crippen molar-refractivity contribution in [1.29, 1.82) is 0 Å². The molecule has 0 saturated carbocycles. The lowest BCUT2D eigenvalue weighted by atomic mass is 10.1. The Balaban J connectivity index is 2.07. The Morgan fingerprint density at radius 1 is 1.56 bits per heavy atom.